The number of aromatic nitrogens is 2. The van der Waals surface area contributed by atoms with Crippen LogP contribution in [0.2, 0.25) is 0 Å². The maximum Gasteiger partial charge on any atom is 0.115 e. The van der Waals surface area contributed by atoms with Crippen molar-refractivity contribution in [3.63, 3.8) is 0 Å². The quantitative estimate of drug-likeness (QED) is 0.786. The third-order valence-electron chi connectivity index (χ3n) is 3.36. The van der Waals surface area contributed by atoms with E-state index in [1.54, 1.807) is 24.2 Å². The fourth-order valence-corrected chi connectivity index (χ4v) is 3.56. The lowest BCUT2D eigenvalue weighted by Gasteiger charge is -2.30. The summed E-state index contributed by atoms with van der Waals surface area (Å²) < 4.78 is 0. The summed E-state index contributed by atoms with van der Waals surface area (Å²) in [7, 11) is 0. The Morgan fingerprint density at radius 3 is 2.48 bits per heavy atom. The molecule has 0 aliphatic rings. The lowest BCUT2D eigenvalue weighted by Crippen LogP contribution is -2.33. The lowest BCUT2D eigenvalue weighted by molar-refractivity contribution is 0.453. The second kappa shape index (κ2) is 8.15. The molecule has 4 heteroatoms. The van der Waals surface area contributed by atoms with Crippen LogP contribution in [0.1, 0.15) is 32.4 Å². The van der Waals surface area contributed by atoms with E-state index < -0.39 is 0 Å². The molecule has 1 aromatic carbocycles. The molecular weight excluding hydrogens is 278 g/mol. The SMILES string of the molecule is CCNC(c1ccccc1)C(Sc1cnccn1)C(C)C. The normalized spacial score (nSPS) is 14.1. The third kappa shape index (κ3) is 4.55. The first kappa shape index (κ1) is 16.0. The van der Waals surface area contributed by atoms with Crippen molar-refractivity contribution in [1.29, 1.82) is 0 Å². The molecule has 112 valence electrons. The Balaban J connectivity index is 2.25. The van der Waals surface area contributed by atoms with E-state index in [2.05, 4.69) is 66.4 Å². The van der Waals surface area contributed by atoms with Gasteiger partial charge in [0.05, 0.1) is 6.20 Å². The van der Waals surface area contributed by atoms with Crippen molar-refractivity contribution in [2.45, 2.75) is 37.1 Å². The molecule has 0 aliphatic carbocycles. The summed E-state index contributed by atoms with van der Waals surface area (Å²) in [5.74, 6) is 0.529. The first-order valence-corrected chi connectivity index (χ1v) is 8.31. The van der Waals surface area contributed by atoms with Gasteiger partial charge < -0.3 is 5.32 Å². The van der Waals surface area contributed by atoms with Gasteiger partial charge in [-0.2, -0.15) is 0 Å². The van der Waals surface area contributed by atoms with E-state index >= 15 is 0 Å². The van der Waals surface area contributed by atoms with Crippen molar-refractivity contribution in [3.8, 4) is 0 Å². The van der Waals surface area contributed by atoms with Crippen molar-refractivity contribution in [2.75, 3.05) is 6.54 Å². The highest BCUT2D eigenvalue weighted by Gasteiger charge is 2.26. The van der Waals surface area contributed by atoms with Crippen LogP contribution in [0.4, 0.5) is 0 Å². The van der Waals surface area contributed by atoms with Gasteiger partial charge >= 0.3 is 0 Å². The Morgan fingerprint density at radius 2 is 1.90 bits per heavy atom. The molecule has 2 rings (SSSR count). The van der Waals surface area contributed by atoms with E-state index in [-0.39, 0.29) is 0 Å². The third-order valence-corrected chi connectivity index (χ3v) is 4.91. The maximum absolute atomic E-state index is 4.41. The molecule has 0 amide bonds. The highest BCUT2D eigenvalue weighted by molar-refractivity contribution is 7.99. The van der Waals surface area contributed by atoms with Crippen molar-refractivity contribution in [3.05, 3.63) is 54.5 Å². The van der Waals surface area contributed by atoms with Crippen LogP contribution in [0.15, 0.2) is 53.9 Å². The first-order valence-electron chi connectivity index (χ1n) is 7.43. The molecular formula is C17H23N3S. The fourth-order valence-electron chi connectivity index (χ4n) is 2.38. The van der Waals surface area contributed by atoms with Gasteiger partial charge in [0.25, 0.3) is 0 Å². The molecule has 1 N–H and O–H groups in total. The number of thioether (sulfide) groups is 1. The molecule has 2 atom stereocenters. The molecule has 0 bridgehead atoms. The Morgan fingerprint density at radius 1 is 1.14 bits per heavy atom. The minimum atomic E-state index is 0.309. The topological polar surface area (TPSA) is 37.8 Å². The van der Waals surface area contributed by atoms with E-state index in [9.17, 15) is 0 Å². The van der Waals surface area contributed by atoms with Crippen molar-refractivity contribution < 1.29 is 0 Å². The minimum Gasteiger partial charge on any atom is -0.309 e. The molecule has 0 saturated heterocycles. The zero-order chi connectivity index (χ0) is 15.1. The average Bonchev–Trinajstić information content (AvgIpc) is 2.52. The molecule has 2 aromatic rings. The summed E-state index contributed by atoms with van der Waals surface area (Å²) in [5.41, 5.74) is 1.33. The largest absolute Gasteiger partial charge is 0.309 e. The lowest BCUT2D eigenvalue weighted by atomic mass is 9.96. The minimum absolute atomic E-state index is 0.309. The summed E-state index contributed by atoms with van der Waals surface area (Å²) in [6.45, 7) is 7.63. The van der Waals surface area contributed by atoms with E-state index in [1.807, 2.05) is 6.20 Å². The number of benzene rings is 1. The number of rotatable bonds is 7. The molecule has 1 heterocycles. The van der Waals surface area contributed by atoms with Gasteiger partial charge in [-0.25, -0.2) is 4.98 Å². The predicted octanol–water partition coefficient (Wildman–Crippen LogP) is 3.94. The fraction of sp³-hybridized carbons (Fsp3) is 0.412. The first-order chi connectivity index (χ1) is 10.2. The molecule has 1 aromatic heterocycles. The van der Waals surface area contributed by atoms with Crippen LogP contribution >= 0.6 is 11.8 Å². The van der Waals surface area contributed by atoms with Gasteiger partial charge in [-0.05, 0) is 18.0 Å². The number of nitrogens with zero attached hydrogens (tertiary/aromatic N) is 2. The van der Waals surface area contributed by atoms with Crippen LogP contribution in [-0.2, 0) is 0 Å². The van der Waals surface area contributed by atoms with Gasteiger partial charge in [0.15, 0.2) is 0 Å². The Hall–Kier alpha value is -1.39. The van der Waals surface area contributed by atoms with Gasteiger partial charge in [-0.15, -0.1) is 0 Å². The van der Waals surface area contributed by atoms with E-state index in [1.165, 1.54) is 5.56 Å². The molecule has 2 unspecified atom stereocenters. The van der Waals surface area contributed by atoms with E-state index in [0.717, 1.165) is 11.6 Å². The average molecular weight is 301 g/mol. The zero-order valence-corrected chi connectivity index (χ0v) is 13.7. The van der Waals surface area contributed by atoms with Gasteiger partial charge in [0.1, 0.15) is 5.03 Å². The van der Waals surface area contributed by atoms with Crippen LogP contribution in [0.5, 0.6) is 0 Å². The summed E-state index contributed by atoms with van der Waals surface area (Å²) in [5, 5.41) is 5.02. The van der Waals surface area contributed by atoms with E-state index in [4.69, 9.17) is 0 Å². The Bertz CT molecular complexity index is 516. The Labute approximate surface area is 131 Å². The molecule has 0 radical (unpaired) electrons. The second-order valence-electron chi connectivity index (χ2n) is 5.32. The summed E-state index contributed by atoms with van der Waals surface area (Å²) in [6, 6.07) is 11.0. The Kier molecular flexibility index (Phi) is 6.21. The molecule has 0 fully saturated rings. The van der Waals surface area contributed by atoms with Crippen molar-refractivity contribution >= 4 is 11.8 Å². The molecule has 0 spiro atoms. The molecule has 0 saturated carbocycles. The van der Waals surface area contributed by atoms with Crippen LogP contribution in [-0.4, -0.2) is 21.8 Å². The predicted molar refractivity (Wildman–Crippen MR) is 89.4 cm³/mol. The van der Waals surface area contributed by atoms with Crippen LogP contribution in [0.25, 0.3) is 0 Å². The number of hydrogen-bond acceptors (Lipinski definition) is 4. The maximum atomic E-state index is 4.41. The van der Waals surface area contributed by atoms with Crippen LogP contribution < -0.4 is 5.32 Å². The van der Waals surface area contributed by atoms with Gasteiger partial charge in [0, 0.05) is 23.7 Å². The smallest absolute Gasteiger partial charge is 0.115 e. The van der Waals surface area contributed by atoms with Gasteiger partial charge in [0.2, 0.25) is 0 Å². The summed E-state index contributed by atoms with van der Waals surface area (Å²) in [6.07, 6.45) is 5.31. The van der Waals surface area contributed by atoms with Gasteiger partial charge in [-0.1, -0.05) is 62.9 Å². The molecule has 3 nitrogen and oxygen atoms in total. The van der Waals surface area contributed by atoms with Crippen molar-refractivity contribution in [1.82, 2.24) is 15.3 Å². The molecule has 21 heavy (non-hydrogen) atoms. The monoisotopic (exact) mass is 301 g/mol. The standard InChI is InChI=1S/C17H23N3S/c1-4-19-16(14-8-6-5-7-9-14)17(13(2)3)21-15-12-18-10-11-20-15/h5-13,16-17,19H,4H2,1-3H3. The highest BCUT2D eigenvalue weighted by Crippen LogP contribution is 2.35. The highest BCUT2D eigenvalue weighted by atomic mass is 32.2. The van der Waals surface area contributed by atoms with Gasteiger partial charge in [-0.3, -0.25) is 4.98 Å². The summed E-state index contributed by atoms with van der Waals surface area (Å²) >= 11 is 1.80. The van der Waals surface area contributed by atoms with Crippen LogP contribution in [0.3, 0.4) is 0 Å². The number of nitrogens with one attached hydrogen (secondary N) is 1. The summed E-state index contributed by atoms with van der Waals surface area (Å²) in [4.78, 5) is 8.58. The zero-order valence-electron chi connectivity index (χ0n) is 12.9. The van der Waals surface area contributed by atoms with Crippen LogP contribution in [0, 0.1) is 5.92 Å². The van der Waals surface area contributed by atoms with Crippen molar-refractivity contribution in [2.24, 2.45) is 5.92 Å². The second-order valence-corrected chi connectivity index (χ2v) is 6.51. The van der Waals surface area contributed by atoms with E-state index in [0.29, 0.717) is 17.2 Å². The molecule has 0 aliphatic heterocycles. The number of hydrogen-bond donors (Lipinski definition) is 1.